The van der Waals surface area contributed by atoms with Crippen molar-refractivity contribution in [2.75, 3.05) is 19.6 Å². The van der Waals surface area contributed by atoms with Crippen LogP contribution >= 0.6 is 0 Å². The van der Waals surface area contributed by atoms with E-state index in [1.807, 2.05) is 6.07 Å². The Morgan fingerprint density at radius 3 is 2.34 bits per heavy atom. The van der Waals surface area contributed by atoms with Crippen LogP contribution < -0.4 is 10.6 Å². The zero-order valence-electron chi connectivity index (χ0n) is 23.3. The number of amides is 2. The Hall–Kier alpha value is -2.67. The van der Waals surface area contributed by atoms with E-state index in [0.29, 0.717) is 24.2 Å². The molecule has 1 aliphatic heterocycles. The van der Waals surface area contributed by atoms with E-state index in [1.165, 1.54) is 55.2 Å². The molecule has 0 spiro atoms. The first-order valence-corrected chi connectivity index (χ1v) is 15.0. The molecular weight excluding hydrogens is 474 g/mol. The second kappa shape index (κ2) is 12.5. The van der Waals surface area contributed by atoms with Crippen molar-refractivity contribution in [3.8, 4) is 11.3 Å². The lowest BCUT2D eigenvalue weighted by atomic mass is 9.93. The molecule has 0 radical (unpaired) electrons. The Labute approximate surface area is 227 Å². The van der Waals surface area contributed by atoms with Crippen LogP contribution in [0.5, 0.6) is 0 Å². The number of piperidine rings is 1. The molecule has 38 heavy (non-hydrogen) atoms. The Balaban J connectivity index is 1.34. The summed E-state index contributed by atoms with van der Waals surface area (Å²) in [4.78, 5) is 28.9. The molecule has 7 nitrogen and oxygen atoms in total. The summed E-state index contributed by atoms with van der Waals surface area (Å²) in [5.41, 5.74) is 5.06. The number of rotatable bonds is 10. The SMILES string of the molecule is Cc1cccc(C)c1-c1cc(C(=O)N[C@@H](CCN2CCCCC2)CC(=O)NC2CCC2)nn1C1CCCC1. The fourth-order valence-electron chi connectivity index (χ4n) is 6.41. The number of hydrogen-bond donors (Lipinski definition) is 2. The minimum atomic E-state index is -0.204. The highest BCUT2D eigenvalue weighted by Gasteiger charge is 2.27. The first kappa shape index (κ1) is 26.9. The smallest absolute Gasteiger partial charge is 0.272 e. The van der Waals surface area contributed by atoms with Gasteiger partial charge in [-0.3, -0.25) is 14.3 Å². The van der Waals surface area contributed by atoms with Crippen molar-refractivity contribution in [2.24, 2.45) is 0 Å². The molecule has 1 aromatic carbocycles. The molecule has 3 fully saturated rings. The number of carbonyl (C=O) groups excluding carboxylic acids is 2. The molecule has 0 bridgehead atoms. The van der Waals surface area contributed by atoms with Crippen molar-refractivity contribution in [1.29, 1.82) is 0 Å². The number of benzene rings is 1. The highest BCUT2D eigenvalue weighted by atomic mass is 16.2. The summed E-state index contributed by atoms with van der Waals surface area (Å²) in [5, 5.41) is 11.3. The fraction of sp³-hybridized carbons (Fsp3) is 0.645. The van der Waals surface area contributed by atoms with Gasteiger partial charge in [0.05, 0.1) is 11.7 Å². The number of hydrogen-bond acceptors (Lipinski definition) is 4. The molecule has 2 amide bonds. The van der Waals surface area contributed by atoms with Gasteiger partial charge in [0.25, 0.3) is 5.91 Å². The van der Waals surface area contributed by atoms with Crippen LogP contribution in [-0.2, 0) is 4.79 Å². The summed E-state index contributed by atoms with van der Waals surface area (Å²) >= 11 is 0. The number of carbonyl (C=O) groups is 2. The Kier molecular flexibility index (Phi) is 8.82. The van der Waals surface area contributed by atoms with Crippen LogP contribution in [0, 0.1) is 13.8 Å². The predicted octanol–water partition coefficient (Wildman–Crippen LogP) is 5.32. The Morgan fingerprint density at radius 1 is 0.974 bits per heavy atom. The van der Waals surface area contributed by atoms with Crippen LogP contribution in [0.25, 0.3) is 11.3 Å². The van der Waals surface area contributed by atoms with Crippen LogP contribution in [0.2, 0.25) is 0 Å². The van der Waals surface area contributed by atoms with Crippen molar-refractivity contribution in [2.45, 2.75) is 109 Å². The van der Waals surface area contributed by atoms with E-state index < -0.39 is 0 Å². The average molecular weight is 520 g/mol. The number of nitrogens with zero attached hydrogens (tertiary/aromatic N) is 3. The summed E-state index contributed by atoms with van der Waals surface area (Å²) in [5.74, 6) is -0.124. The average Bonchev–Trinajstić information content (AvgIpc) is 3.56. The van der Waals surface area contributed by atoms with Crippen LogP contribution in [-0.4, -0.2) is 58.2 Å². The van der Waals surface area contributed by atoms with Gasteiger partial charge in [0.2, 0.25) is 5.91 Å². The molecule has 206 valence electrons. The minimum Gasteiger partial charge on any atom is -0.353 e. The third-order valence-corrected chi connectivity index (χ3v) is 8.86. The van der Waals surface area contributed by atoms with Crippen LogP contribution in [0.4, 0.5) is 0 Å². The largest absolute Gasteiger partial charge is 0.353 e. The lowest BCUT2D eigenvalue weighted by Gasteiger charge is -2.29. The van der Waals surface area contributed by atoms with Gasteiger partial charge in [-0.2, -0.15) is 5.10 Å². The Morgan fingerprint density at radius 2 is 1.68 bits per heavy atom. The maximum Gasteiger partial charge on any atom is 0.272 e. The zero-order chi connectivity index (χ0) is 26.5. The van der Waals surface area contributed by atoms with Gasteiger partial charge in [0.15, 0.2) is 5.69 Å². The standard InChI is InChI=1S/C31H45N5O2/c1-22-10-8-11-23(2)30(22)28-21-27(34-36(28)26-14-4-5-15-26)31(38)33-25(16-19-35-17-6-3-7-18-35)20-29(37)32-24-12-9-13-24/h8,10-11,21,24-26H,3-7,9,12-20H2,1-2H3,(H,32,37)(H,33,38)/t25-/m0/s1. The number of aryl methyl sites for hydroxylation is 2. The molecule has 3 aliphatic rings. The quantitative estimate of drug-likeness (QED) is 0.446. The van der Waals surface area contributed by atoms with Gasteiger partial charge in [-0.05, 0) is 95.5 Å². The van der Waals surface area contributed by atoms with E-state index in [9.17, 15) is 9.59 Å². The lowest BCUT2D eigenvalue weighted by Crippen LogP contribution is -2.45. The molecule has 1 atom stereocenters. The van der Waals surface area contributed by atoms with Gasteiger partial charge < -0.3 is 15.5 Å². The highest BCUT2D eigenvalue weighted by molar-refractivity contribution is 5.94. The van der Waals surface area contributed by atoms with Crippen molar-refractivity contribution < 1.29 is 9.59 Å². The minimum absolute atomic E-state index is 0.0475. The number of likely N-dealkylation sites (tertiary alicyclic amines) is 1. The third-order valence-electron chi connectivity index (χ3n) is 8.86. The summed E-state index contributed by atoms with van der Waals surface area (Å²) in [6.45, 7) is 7.39. The molecule has 1 aromatic heterocycles. The Bertz CT molecular complexity index is 1090. The third kappa shape index (κ3) is 6.48. The van der Waals surface area contributed by atoms with Crippen molar-refractivity contribution in [1.82, 2.24) is 25.3 Å². The van der Waals surface area contributed by atoms with Gasteiger partial charge in [0.1, 0.15) is 0 Å². The first-order chi connectivity index (χ1) is 18.5. The topological polar surface area (TPSA) is 79.3 Å². The van der Waals surface area contributed by atoms with Gasteiger partial charge in [-0.15, -0.1) is 0 Å². The molecule has 0 unspecified atom stereocenters. The normalized spacial score (nSPS) is 19.7. The van der Waals surface area contributed by atoms with E-state index in [2.05, 4.69) is 52.3 Å². The van der Waals surface area contributed by atoms with Gasteiger partial charge in [-0.25, -0.2) is 0 Å². The molecule has 2 aliphatic carbocycles. The predicted molar refractivity (Wildman–Crippen MR) is 151 cm³/mol. The number of nitrogens with one attached hydrogen (secondary N) is 2. The molecule has 1 saturated heterocycles. The maximum atomic E-state index is 13.6. The monoisotopic (exact) mass is 519 g/mol. The zero-order valence-corrected chi connectivity index (χ0v) is 23.3. The van der Waals surface area contributed by atoms with Crippen LogP contribution in [0.15, 0.2) is 24.3 Å². The molecule has 2 aromatic rings. The molecule has 2 heterocycles. The van der Waals surface area contributed by atoms with Crippen molar-refractivity contribution >= 4 is 11.8 Å². The molecule has 7 heteroatoms. The van der Waals surface area contributed by atoms with Gasteiger partial charge >= 0.3 is 0 Å². The van der Waals surface area contributed by atoms with Crippen LogP contribution in [0.3, 0.4) is 0 Å². The number of aromatic nitrogens is 2. The molecule has 2 saturated carbocycles. The second-order valence-electron chi connectivity index (χ2n) is 11.8. The van der Waals surface area contributed by atoms with E-state index in [1.54, 1.807) is 0 Å². The summed E-state index contributed by atoms with van der Waals surface area (Å²) in [6, 6.07) is 8.75. The molecule has 2 N–H and O–H groups in total. The van der Waals surface area contributed by atoms with Crippen LogP contribution in [0.1, 0.15) is 105 Å². The van der Waals surface area contributed by atoms with Gasteiger partial charge in [0, 0.05) is 30.6 Å². The summed E-state index contributed by atoms with van der Waals surface area (Å²) < 4.78 is 2.11. The summed E-state index contributed by atoms with van der Waals surface area (Å²) in [6.07, 6.45) is 12.8. The van der Waals surface area contributed by atoms with Crippen molar-refractivity contribution in [3.63, 3.8) is 0 Å². The maximum absolute atomic E-state index is 13.6. The summed E-state index contributed by atoms with van der Waals surface area (Å²) in [7, 11) is 0. The van der Waals surface area contributed by atoms with Gasteiger partial charge in [-0.1, -0.05) is 37.5 Å². The second-order valence-corrected chi connectivity index (χ2v) is 11.8. The van der Waals surface area contributed by atoms with E-state index in [0.717, 1.165) is 57.4 Å². The lowest BCUT2D eigenvalue weighted by molar-refractivity contribution is -0.122. The highest BCUT2D eigenvalue weighted by Crippen LogP contribution is 2.36. The first-order valence-electron chi connectivity index (χ1n) is 15.0. The van der Waals surface area contributed by atoms with E-state index >= 15 is 0 Å². The molecule has 5 rings (SSSR count). The van der Waals surface area contributed by atoms with Crippen molar-refractivity contribution in [3.05, 3.63) is 41.1 Å². The molecular formula is C31H45N5O2. The van der Waals surface area contributed by atoms with E-state index in [4.69, 9.17) is 5.10 Å². The van der Waals surface area contributed by atoms with E-state index in [-0.39, 0.29) is 17.9 Å². The fourth-order valence-corrected chi connectivity index (χ4v) is 6.41.